The minimum absolute atomic E-state index is 0.0522. The van der Waals surface area contributed by atoms with Crippen LogP contribution in [0.15, 0.2) is 66.7 Å². The number of likely N-dealkylation sites (N-methyl/N-ethyl adjacent to an activating group) is 1. The molecular weight excluding hydrogens is 566 g/mol. The van der Waals surface area contributed by atoms with Crippen LogP contribution in [0.4, 0.5) is 0 Å². The molecule has 0 radical (unpaired) electrons. The fraction of sp³-hybridized carbons (Fsp3) is 0.444. The second-order valence-corrected chi connectivity index (χ2v) is 13.9. The van der Waals surface area contributed by atoms with Crippen molar-refractivity contribution in [1.29, 1.82) is 0 Å². The van der Waals surface area contributed by atoms with E-state index in [4.69, 9.17) is 0 Å². The lowest BCUT2D eigenvalue weighted by Gasteiger charge is -2.61. The summed E-state index contributed by atoms with van der Waals surface area (Å²) in [5, 5.41) is 11.6. The molecule has 4 atom stereocenters. The van der Waals surface area contributed by atoms with E-state index in [0.29, 0.717) is 12.8 Å². The third-order valence-corrected chi connectivity index (χ3v) is 10.4. The summed E-state index contributed by atoms with van der Waals surface area (Å²) >= 11 is 0. The minimum atomic E-state index is -1.58. The Labute approximate surface area is 264 Å². The molecule has 3 N–H and O–H groups in total. The van der Waals surface area contributed by atoms with Gasteiger partial charge in [0.25, 0.3) is 0 Å². The first-order valence-electron chi connectivity index (χ1n) is 15.8. The molecule has 0 bridgehead atoms. The van der Waals surface area contributed by atoms with Crippen LogP contribution in [0.1, 0.15) is 44.4 Å². The molecule has 0 spiro atoms. The molecule has 6 rings (SSSR count). The smallest absolute Gasteiger partial charge is 0.246 e. The van der Waals surface area contributed by atoms with Crippen LogP contribution in [-0.2, 0) is 38.4 Å². The molecule has 0 aromatic heterocycles. The van der Waals surface area contributed by atoms with Gasteiger partial charge in [-0.3, -0.25) is 19.7 Å². The molecule has 2 aliphatic heterocycles. The van der Waals surface area contributed by atoms with E-state index in [0.717, 1.165) is 22.6 Å². The van der Waals surface area contributed by atoms with Gasteiger partial charge in [-0.1, -0.05) is 87.5 Å². The van der Waals surface area contributed by atoms with Crippen molar-refractivity contribution in [3.8, 4) is 0 Å². The summed E-state index contributed by atoms with van der Waals surface area (Å²) in [6.45, 7) is 7.43. The first-order valence-corrected chi connectivity index (χ1v) is 15.8. The van der Waals surface area contributed by atoms with Crippen molar-refractivity contribution in [1.82, 2.24) is 25.8 Å². The largest absolute Gasteiger partial charge is 0.339 e. The van der Waals surface area contributed by atoms with Crippen LogP contribution in [0.5, 0.6) is 0 Å². The van der Waals surface area contributed by atoms with Gasteiger partial charge in [0.1, 0.15) is 23.5 Å². The standard InChI is InChI=1S/C36H43N5O4/c1-23(37-5)32(44)39-35(22-42,34(2,3)4)36-21-40(29-18-27-12-8-9-13-28(27)19-29)33(45)30(41(36)31(43)20-38-36)17-24-14-15-25-10-6-7-11-26(25)16-24/h6-16,22-23,29-30,37-38H,17-21H2,1-5H3,(H,39,44)/t23-,30-,35-,36+/m0/s1. The van der Waals surface area contributed by atoms with E-state index in [1.54, 1.807) is 18.9 Å². The molecule has 2 saturated heterocycles. The van der Waals surface area contributed by atoms with E-state index < -0.39 is 28.7 Å². The second-order valence-electron chi connectivity index (χ2n) is 13.9. The van der Waals surface area contributed by atoms with Crippen LogP contribution in [0.2, 0.25) is 0 Å². The fourth-order valence-electron chi connectivity index (χ4n) is 7.74. The molecule has 0 saturated carbocycles. The van der Waals surface area contributed by atoms with Crippen molar-refractivity contribution >= 4 is 34.8 Å². The van der Waals surface area contributed by atoms with Crippen molar-refractivity contribution in [2.75, 3.05) is 20.1 Å². The summed E-state index contributed by atoms with van der Waals surface area (Å²) in [7, 11) is 1.68. The van der Waals surface area contributed by atoms with Crippen LogP contribution in [0.3, 0.4) is 0 Å². The van der Waals surface area contributed by atoms with Crippen LogP contribution in [-0.4, -0.2) is 83.3 Å². The first-order chi connectivity index (χ1) is 21.4. The second kappa shape index (κ2) is 11.4. The van der Waals surface area contributed by atoms with E-state index >= 15 is 0 Å². The van der Waals surface area contributed by atoms with Gasteiger partial charge in [-0.2, -0.15) is 0 Å². The summed E-state index contributed by atoms with van der Waals surface area (Å²) in [5.41, 5.74) is -0.523. The van der Waals surface area contributed by atoms with Gasteiger partial charge in [0.15, 0.2) is 0 Å². The normalized spacial score (nSPS) is 23.9. The van der Waals surface area contributed by atoms with Gasteiger partial charge < -0.3 is 25.2 Å². The highest BCUT2D eigenvalue weighted by molar-refractivity contribution is 5.95. The third-order valence-electron chi connectivity index (χ3n) is 10.4. The molecule has 9 nitrogen and oxygen atoms in total. The highest BCUT2D eigenvalue weighted by Crippen LogP contribution is 2.46. The maximum absolute atomic E-state index is 14.7. The molecule has 1 aliphatic carbocycles. The SMILES string of the molecule is CN[C@@H](C)C(=O)N[C@@](C=O)(C(C)(C)C)[C@@]12CN(C3Cc4ccccc4C3)C(=O)[C@H](Cc3ccc4ccccc4c3)N1C(=O)CN2. The Morgan fingerprint density at radius 2 is 1.67 bits per heavy atom. The maximum atomic E-state index is 14.7. The van der Waals surface area contributed by atoms with Gasteiger partial charge in [0, 0.05) is 12.5 Å². The number of hydrogen-bond donors (Lipinski definition) is 3. The molecule has 3 aromatic carbocycles. The number of carbonyl (C=O) groups excluding carboxylic acids is 4. The Morgan fingerprint density at radius 3 is 2.29 bits per heavy atom. The predicted octanol–water partition coefficient (Wildman–Crippen LogP) is 2.60. The summed E-state index contributed by atoms with van der Waals surface area (Å²) < 4.78 is 0. The first kappa shape index (κ1) is 30.9. The lowest BCUT2D eigenvalue weighted by Crippen LogP contribution is -2.86. The van der Waals surface area contributed by atoms with E-state index in [1.165, 1.54) is 11.1 Å². The monoisotopic (exact) mass is 609 g/mol. The Morgan fingerprint density at radius 1 is 1.02 bits per heavy atom. The van der Waals surface area contributed by atoms with Gasteiger partial charge >= 0.3 is 0 Å². The number of carbonyl (C=O) groups is 4. The van der Waals surface area contributed by atoms with E-state index in [9.17, 15) is 19.2 Å². The average molecular weight is 610 g/mol. The van der Waals surface area contributed by atoms with E-state index in [-0.39, 0.29) is 43.3 Å². The van der Waals surface area contributed by atoms with Gasteiger partial charge in [0.2, 0.25) is 17.7 Å². The number of benzene rings is 3. The highest BCUT2D eigenvalue weighted by atomic mass is 16.2. The molecule has 9 heteroatoms. The van der Waals surface area contributed by atoms with Crippen molar-refractivity contribution in [2.24, 2.45) is 5.41 Å². The third kappa shape index (κ3) is 4.93. The molecule has 3 amide bonds. The van der Waals surface area contributed by atoms with E-state index in [2.05, 4.69) is 34.1 Å². The van der Waals surface area contributed by atoms with Crippen molar-refractivity contribution in [2.45, 2.75) is 76.3 Å². The summed E-state index contributed by atoms with van der Waals surface area (Å²) in [6.07, 6.45) is 2.42. The van der Waals surface area contributed by atoms with Crippen LogP contribution < -0.4 is 16.0 Å². The summed E-state index contributed by atoms with van der Waals surface area (Å²) in [4.78, 5) is 59.5. The molecule has 3 aromatic rings. The lowest BCUT2D eigenvalue weighted by atomic mass is 9.64. The number of rotatable bonds is 8. The van der Waals surface area contributed by atoms with Gasteiger partial charge in [0.05, 0.1) is 19.1 Å². The van der Waals surface area contributed by atoms with Crippen molar-refractivity contribution in [3.63, 3.8) is 0 Å². The Bertz CT molecular complexity index is 1640. The minimum Gasteiger partial charge on any atom is -0.339 e. The number of nitrogens with zero attached hydrogens (tertiary/aromatic N) is 2. The zero-order valence-electron chi connectivity index (χ0n) is 26.7. The van der Waals surface area contributed by atoms with Crippen LogP contribution in [0, 0.1) is 5.41 Å². The Balaban J connectivity index is 1.50. The molecule has 3 aliphatic rings. The molecule has 2 fully saturated rings. The van der Waals surface area contributed by atoms with Crippen LogP contribution >= 0.6 is 0 Å². The molecule has 236 valence electrons. The zero-order chi connectivity index (χ0) is 32.1. The number of aldehydes is 1. The lowest BCUT2D eigenvalue weighted by molar-refractivity contribution is -0.176. The van der Waals surface area contributed by atoms with Gasteiger partial charge in [-0.25, -0.2) is 0 Å². The molecule has 0 unspecified atom stereocenters. The molecule has 2 heterocycles. The summed E-state index contributed by atoms with van der Waals surface area (Å²) in [5.74, 6) is -0.773. The van der Waals surface area contributed by atoms with Gasteiger partial charge in [-0.15, -0.1) is 0 Å². The van der Waals surface area contributed by atoms with Crippen LogP contribution in [0.25, 0.3) is 10.8 Å². The predicted molar refractivity (Wildman–Crippen MR) is 173 cm³/mol. The maximum Gasteiger partial charge on any atom is 0.246 e. The number of fused-ring (bicyclic) bond motifs is 3. The number of hydrogen-bond acceptors (Lipinski definition) is 6. The molecule has 45 heavy (non-hydrogen) atoms. The zero-order valence-corrected chi connectivity index (χ0v) is 26.7. The fourth-order valence-corrected chi connectivity index (χ4v) is 7.74. The topological polar surface area (TPSA) is 111 Å². The summed E-state index contributed by atoms with van der Waals surface area (Å²) in [6, 6.07) is 20.7. The quantitative estimate of drug-likeness (QED) is 0.339. The molecular formula is C36H43N5O4. The number of nitrogens with one attached hydrogen (secondary N) is 3. The van der Waals surface area contributed by atoms with Gasteiger partial charge in [-0.05, 0) is 59.7 Å². The average Bonchev–Trinajstić information content (AvgIpc) is 3.61. The number of amides is 3. The van der Waals surface area contributed by atoms with Crippen molar-refractivity contribution in [3.05, 3.63) is 83.4 Å². The number of piperazine rings is 1. The Hall–Kier alpha value is -4.08. The highest BCUT2D eigenvalue weighted by Gasteiger charge is 2.70. The van der Waals surface area contributed by atoms with Crippen molar-refractivity contribution < 1.29 is 19.2 Å². The Kier molecular flexibility index (Phi) is 7.82. The van der Waals surface area contributed by atoms with E-state index in [1.807, 2.05) is 74.2 Å².